The molecule has 0 radical (unpaired) electrons. The molecule has 0 aliphatic rings. The summed E-state index contributed by atoms with van der Waals surface area (Å²) in [7, 11) is 0. The van der Waals surface area contributed by atoms with Crippen molar-refractivity contribution in [3.8, 4) is 5.75 Å². The van der Waals surface area contributed by atoms with Gasteiger partial charge in [0.1, 0.15) is 17.6 Å². The molecule has 196 valence electrons. The molecule has 4 rings (SSSR count). The largest absolute Gasteiger partial charge is 0.483 e. The molecule has 0 bridgehead atoms. The summed E-state index contributed by atoms with van der Waals surface area (Å²) in [5.74, 6) is -0.411. The van der Waals surface area contributed by atoms with Gasteiger partial charge in [0.05, 0.1) is 4.47 Å². The van der Waals surface area contributed by atoms with Crippen molar-refractivity contribution in [2.24, 2.45) is 0 Å². The van der Waals surface area contributed by atoms with Crippen LogP contribution in [0.3, 0.4) is 0 Å². The Morgan fingerprint density at radius 3 is 2.37 bits per heavy atom. The Balaban J connectivity index is 1.62. The topological polar surface area (TPSA) is 58.6 Å². The quantitative estimate of drug-likeness (QED) is 0.228. The number of ether oxygens (including phenoxy) is 1. The summed E-state index contributed by atoms with van der Waals surface area (Å²) < 4.78 is 20.3. The maximum atomic E-state index is 13.7. The van der Waals surface area contributed by atoms with Crippen LogP contribution >= 0.6 is 15.9 Å². The first-order chi connectivity index (χ1) is 18.5. The summed E-state index contributed by atoms with van der Waals surface area (Å²) in [5, 5.41) is 4.97. The van der Waals surface area contributed by atoms with E-state index in [1.54, 1.807) is 12.1 Å². The molecule has 1 atom stereocenters. The van der Waals surface area contributed by atoms with E-state index in [4.69, 9.17) is 4.74 Å². The van der Waals surface area contributed by atoms with Gasteiger partial charge in [-0.25, -0.2) is 4.39 Å². The zero-order valence-electron chi connectivity index (χ0n) is 21.2. The number of halogens is 2. The van der Waals surface area contributed by atoms with E-state index in [0.29, 0.717) is 24.3 Å². The average Bonchev–Trinajstić information content (AvgIpc) is 2.94. The molecule has 0 heterocycles. The van der Waals surface area contributed by atoms with Crippen LogP contribution in [0.15, 0.2) is 95.5 Å². The van der Waals surface area contributed by atoms with Crippen LogP contribution in [-0.4, -0.2) is 35.9 Å². The first-order valence-corrected chi connectivity index (χ1v) is 13.4. The molecule has 2 amide bonds. The molecule has 0 saturated heterocycles. The van der Waals surface area contributed by atoms with Gasteiger partial charge >= 0.3 is 0 Å². The summed E-state index contributed by atoms with van der Waals surface area (Å²) in [5.41, 5.74) is 1.65. The number of rotatable bonds is 11. The van der Waals surface area contributed by atoms with E-state index >= 15 is 0 Å². The minimum Gasteiger partial charge on any atom is -0.483 e. The van der Waals surface area contributed by atoms with E-state index in [0.717, 1.165) is 27.2 Å². The van der Waals surface area contributed by atoms with Crippen LogP contribution in [-0.2, 0) is 22.6 Å². The van der Waals surface area contributed by atoms with Gasteiger partial charge in [0.15, 0.2) is 6.61 Å². The fraction of sp³-hybridized carbons (Fsp3) is 0.226. The van der Waals surface area contributed by atoms with Crippen molar-refractivity contribution in [1.82, 2.24) is 10.2 Å². The van der Waals surface area contributed by atoms with E-state index in [9.17, 15) is 14.0 Å². The number of carbonyl (C=O) groups excluding carboxylic acids is 2. The van der Waals surface area contributed by atoms with Gasteiger partial charge in [-0.05, 0) is 62.4 Å². The van der Waals surface area contributed by atoms with E-state index in [-0.39, 0.29) is 30.8 Å². The molecule has 7 heteroatoms. The molecule has 5 nitrogen and oxygen atoms in total. The van der Waals surface area contributed by atoms with Crippen molar-refractivity contribution < 1.29 is 18.7 Å². The molecule has 0 aromatic heterocycles. The Morgan fingerprint density at radius 1 is 0.921 bits per heavy atom. The molecule has 0 saturated carbocycles. The normalized spacial score (nSPS) is 11.7. The van der Waals surface area contributed by atoms with Crippen LogP contribution < -0.4 is 10.1 Å². The highest BCUT2D eigenvalue weighted by Gasteiger charge is 2.30. The van der Waals surface area contributed by atoms with Gasteiger partial charge in [0, 0.05) is 19.5 Å². The van der Waals surface area contributed by atoms with Crippen LogP contribution in [0, 0.1) is 5.82 Å². The Labute approximate surface area is 230 Å². The van der Waals surface area contributed by atoms with Gasteiger partial charge in [-0.1, -0.05) is 79.7 Å². The van der Waals surface area contributed by atoms with Crippen LogP contribution in [0.4, 0.5) is 4.39 Å². The fourth-order valence-corrected chi connectivity index (χ4v) is 4.86. The third-order valence-electron chi connectivity index (χ3n) is 6.27. The second-order valence-electron chi connectivity index (χ2n) is 9.03. The highest BCUT2D eigenvalue weighted by molar-refractivity contribution is 9.10. The minimum atomic E-state index is -0.773. The number of fused-ring (bicyclic) bond motifs is 1. The molecule has 0 aliphatic heterocycles. The third-order valence-corrected chi connectivity index (χ3v) is 7.08. The summed E-state index contributed by atoms with van der Waals surface area (Å²) >= 11 is 3.60. The molecule has 1 N–H and O–H groups in total. The highest BCUT2D eigenvalue weighted by Crippen LogP contribution is 2.33. The lowest BCUT2D eigenvalue weighted by Gasteiger charge is -2.31. The molecule has 0 spiro atoms. The predicted molar refractivity (Wildman–Crippen MR) is 151 cm³/mol. The Bertz CT molecular complexity index is 1380. The van der Waals surface area contributed by atoms with Gasteiger partial charge in [-0.2, -0.15) is 0 Å². The maximum absolute atomic E-state index is 13.7. The SMILES string of the molecule is CCCNC(=O)[C@H](Cc1ccccc1)N(Cc1ccc(F)cc1)C(=O)COc1ccc2ccccc2c1Br. The molecule has 0 aliphatic carbocycles. The Morgan fingerprint density at radius 2 is 1.63 bits per heavy atom. The molecular formula is C31H30BrFN2O3. The fourth-order valence-electron chi connectivity index (χ4n) is 4.25. The predicted octanol–water partition coefficient (Wildman–Crippen LogP) is 6.29. The van der Waals surface area contributed by atoms with Crippen molar-refractivity contribution in [3.05, 3.63) is 112 Å². The van der Waals surface area contributed by atoms with Gasteiger partial charge in [-0.3, -0.25) is 9.59 Å². The Hall–Kier alpha value is -3.71. The monoisotopic (exact) mass is 576 g/mol. The average molecular weight is 577 g/mol. The molecular weight excluding hydrogens is 547 g/mol. The number of nitrogens with zero attached hydrogens (tertiary/aromatic N) is 1. The van der Waals surface area contributed by atoms with Crippen molar-refractivity contribution in [1.29, 1.82) is 0 Å². The summed E-state index contributed by atoms with van der Waals surface area (Å²) in [4.78, 5) is 28.6. The maximum Gasteiger partial charge on any atom is 0.261 e. The first-order valence-electron chi connectivity index (χ1n) is 12.6. The second-order valence-corrected chi connectivity index (χ2v) is 9.83. The molecule has 4 aromatic carbocycles. The van der Waals surface area contributed by atoms with Gasteiger partial charge in [-0.15, -0.1) is 0 Å². The summed E-state index contributed by atoms with van der Waals surface area (Å²) in [6.07, 6.45) is 1.11. The lowest BCUT2D eigenvalue weighted by molar-refractivity contribution is -0.142. The standard InChI is InChI=1S/C31H30BrFN2O3/c1-2-18-34-31(37)27(19-22-8-4-3-5-9-22)35(20-23-12-15-25(33)16-13-23)29(36)21-38-28-17-14-24-10-6-7-11-26(24)30(28)32/h3-17,27H,2,18-21H2,1H3,(H,34,37)/t27-/m0/s1. The van der Waals surface area contributed by atoms with Crippen molar-refractivity contribution in [2.75, 3.05) is 13.2 Å². The van der Waals surface area contributed by atoms with E-state index < -0.39 is 6.04 Å². The van der Waals surface area contributed by atoms with E-state index in [1.807, 2.05) is 73.7 Å². The number of amides is 2. The molecule has 38 heavy (non-hydrogen) atoms. The number of carbonyl (C=O) groups is 2. The van der Waals surface area contributed by atoms with Crippen LogP contribution in [0.25, 0.3) is 10.8 Å². The summed E-state index contributed by atoms with van der Waals surface area (Å²) in [6, 6.07) is 26.4. The van der Waals surface area contributed by atoms with Crippen LogP contribution in [0.1, 0.15) is 24.5 Å². The van der Waals surface area contributed by atoms with Crippen LogP contribution in [0.2, 0.25) is 0 Å². The lowest BCUT2D eigenvalue weighted by Crippen LogP contribution is -2.51. The lowest BCUT2D eigenvalue weighted by atomic mass is 10.0. The molecule has 0 unspecified atom stereocenters. The molecule has 0 fully saturated rings. The smallest absolute Gasteiger partial charge is 0.261 e. The molecule has 4 aromatic rings. The number of hydrogen-bond donors (Lipinski definition) is 1. The zero-order valence-corrected chi connectivity index (χ0v) is 22.8. The second kappa shape index (κ2) is 13.2. The van der Waals surface area contributed by atoms with Crippen molar-refractivity contribution in [3.63, 3.8) is 0 Å². The van der Waals surface area contributed by atoms with Crippen molar-refractivity contribution >= 4 is 38.5 Å². The van der Waals surface area contributed by atoms with Gasteiger partial charge in [0.2, 0.25) is 5.91 Å². The number of nitrogens with one attached hydrogen (secondary N) is 1. The number of hydrogen-bond acceptors (Lipinski definition) is 3. The van der Waals surface area contributed by atoms with E-state index in [1.165, 1.54) is 17.0 Å². The minimum absolute atomic E-state index is 0.137. The first kappa shape index (κ1) is 27.3. The van der Waals surface area contributed by atoms with Gasteiger partial charge in [0.25, 0.3) is 5.91 Å². The van der Waals surface area contributed by atoms with Crippen molar-refractivity contribution in [2.45, 2.75) is 32.4 Å². The highest BCUT2D eigenvalue weighted by atomic mass is 79.9. The third kappa shape index (κ3) is 6.98. The number of benzene rings is 4. The summed E-state index contributed by atoms with van der Waals surface area (Å²) in [6.45, 7) is 2.36. The van der Waals surface area contributed by atoms with E-state index in [2.05, 4.69) is 21.2 Å². The van der Waals surface area contributed by atoms with Gasteiger partial charge < -0.3 is 15.0 Å². The Kier molecular flexibility index (Phi) is 9.49. The van der Waals surface area contributed by atoms with Crippen LogP contribution in [0.5, 0.6) is 5.75 Å². The zero-order chi connectivity index (χ0) is 26.9.